The van der Waals surface area contributed by atoms with E-state index in [0.29, 0.717) is 12.4 Å². The molecule has 0 spiro atoms. The Kier molecular flexibility index (Phi) is 5.01. The highest BCUT2D eigenvalue weighted by molar-refractivity contribution is 9.10. The van der Waals surface area contributed by atoms with Gasteiger partial charge in [0.2, 0.25) is 0 Å². The Labute approximate surface area is 131 Å². The molecule has 0 radical (unpaired) electrons. The van der Waals surface area contributed by atoms with E-state index < -0.39 is 11.9 Å². The van der Waals surface area contributed by atoms with Crippen molar-refractivity contribution in [3.8, 4) is 5.88 Å². The minimum absolute atomic E-state index is 0.0911. The summed E-state index contributed by atoms with van der Waals surface area (Å²) < 4.78 is 11.6. The van der Waals surface area contributed by atoms with Gasteiger partial charge in [-0.05, 0) is 17.1 Å². The summed E-state index contributed by atoms with van der Waals surface area (Å²) in [6, 6.07) is 9.22. The lowest BCUT2D eigenvalue weighted by atomic mass is 9.94. The van der Waals surface area contributed by atoms with Gasteiger partial charge in [0.05, 0.1) is 0 Å². The summed E-state index contributed by atoms with van der Waals surface area (Å²) in [5, 5.41) is 13.0. The highest BCUT2D eigenvalue weighted by atomic mass is 79.9. The van der Waals surface area contributed by atoms with Crippen molar-refractivity contribution in [2.24, 2.45) is 5.92 Å². The quantitative estimate of drug-likeness (QED) is 0.853. The first-order valence-electron chi connectivity index (χ1n) is 6.54. The third-order valence-electron chi connectivity index (χ3n) is 3.08. The maximum Gasteiger partial charge on any atom is 0.314 e. The van der Waals surface area contributed by atoms with Crippen molar-refractivity contribution in [2.75, 3.05) is 0 Å². The molecule has 1 aromatic heterocycles. The van der Waals surface area contributed by atoms with E-state index in [0.717, 1.165) is 10.0 Å². The third kappa shape index (κ3) is 3.85. The second-order valence-electron chi connectivity index (χ2n) is 5.01. The predicted octanol–water partition coefficient (Wildman–Crippen LogP) is 3.84. The van der Waals surface area contributed by atoms with Gasteiger partial charge < -0.3 is 14.4 Å². The molecule has 2 rings (SSSR count). The van der Waals surface area contributed by atoms with E-state index in [4.69, 9.17) is 9.26 Å². The topological polar surface area (TPSA) is 72.6 Å². The molecule has 5 nitrogen and oxygen atoms in total. The number of carboxylic acids is 1. The van der Waals surface area contributed by atoms with Crippen LogP contribution in [-0.4, -0.2) is 16.2 Å². The molecule has 6 heteroatoms. The van der Waals surface area contributed by atoms with Gasteiger partial charge in [0.1, 0.15) is 12.5 Å². The normalized spacial score (nSPS) is 12.4. The number of halogens is 1. The van der Waals surface area contributed by atoms with Crippen molar-refractivity contribution in [3.05, 3.63) is 46.1 Å². The molecule has 21 heavy (non-hydrogen) atoms. The maximum absolute atomic E-state index is 11.2. The van der Waals surface area contributed by atoms with Gasteiger partial charge >= 0.3 is 5.97 Å². The molecule has 0 bridgehead atoms. The molecule has 0 fully saturated rings. The molecular formula is C15H16BrNO4. The van der Waals surface area contributed by atoms with Crippen LogP contribution in [0.25, 0.3) is 0 Å². The van der Waals surface area contributed by atoms with E-state index in [9.17, 15) is 9.90 Å². The summed E-state index contributed by atoms with van der Waals surface area (Å²) in [6.07, 6.45) is 0. The number of aliphatic carboxylic acids is 1. The van der Waals surface area contributed by atoms with Gasteiger partial charge in [0, 0.05) is 16.1 Å². The van der Waals surface area contributed by atoms with Gasteiger partial charge in [-0.25, -0.2) is 0 Å². The first-order valence-corrected chi connectivity index (χ1v) is 7.34. The Bertz CT molecular complexity index is 624. The smallest absolute Gasteiger partial charge is 0.314 e. The molecule has 1 atom stereocenters. The van der Waals surface area contributed by atoms with Gasteiger partial charge in [-0.2, -0.15) is 0 Å². The van der Waals surface area contributed by atoms with E-state index in [1.54, 1.807) is 0 Å². The minimum atomic E-state index is -0.932. The van der Waals surface area contributed by atoms with Crippen LogP contribution >= 0.6 is 15.9 Å². The third-order valence-corrected chi connectivity index (χ3v) is 3.85. The van der Waals surface area contributed by atoms with E-state index in [1.165, 1.54) is 6.07 Å². The van der Waals surface area contributed by atoms with E-state index >= 15 is 0 Å². The number of nitrogens with zero attached hydrogens (tertiary/aromatic N) is 1. The average molecular weight is 354 g/mol. The minimum Gasteiger partial charge on any atom is -0.481 e. The summed E-state index contributed by atoms with van der Waals surface area (Å²) in [5.74, 6) is -1.16. The lowest BCUT2D eigenvalue weighted by Gasteiger charge is -2.11. The number of ether oxygens (including phenoxy) is 1. The fraction of sp³-hybridized carbons (Fsp3) is 0.333. The van der Waals surface area contributed by atoms with E-state index in [2.05, 4.69) is 21.1 Å². The number of aromatic nitrogens is 1. The van der Waals surface area contributed by atoms with Crippen LogP contribution in [0.2, 0.25) is 0 Å². The Morgan fingerprint density at radius 2 is 2.14 bits per heavy atom. The molecule has 1 unspecified atom stereocenters. The first kappa shape index (κ1) is 15.6. The molecular weight excluding hydrogens is 338 g/mol. The van der Waals surface area contributed by atoms with Crippen molar-refractivity contribution in [2.45, 2.75) is 26.4 Å². The molecule has 0 saturated heterocycles. The van der Waals surface area contributed by atoms with Crippen LogP contribution < -0.4 is 4.74 Å². The molecule has 0 aliphatic rings. The van der Waals surface area contributed by atoms with Gasteiger partial charge in [-0.1, -0.05) is 48.0 Å². The van der Waals surface area contributed by atoms with Gasteiger partial charge in [-0.3, -0.25) is 4.79 Å². The molecule has 0 aliphatic carbocycles. The summed E-state index contributed by atoms with van der Waals surface area (Å²) >= 11 is 3.43. The van der Waals surface area contributed by atoms with Crippen LogP contribution in [0.3, 0.4) is 0 Å². The standard InChI is InChI=1S/C15H16BrNO4/c1-9(2)14(15(18)19)12-7-13(17-21-12)20-8-10-5-3-4-6-11(10)16/h3-7,9,14H,8H2,1-2H3,(H,18,19). The van der Waals surface area contributed by atoms with Gasteiger partial charge in [0.25, 0.3) is 5.88 Å². The van der Waals surface area contributed by atoms with Crippen molar-refractivity contribution in [1.29, 1.82) is 0 Å². The lowest BCUT2D eigenvalue weighted by molar-refractivity contribution is -0.140. The highest BCUT2D eigenvalue weighted by Gasteiger charge is 2.28. The molecule has 112 valence electrons. The first-order chi connectivity index (χ1) is 9.99. The molecule has 0 aliphatic heterocycles. The van der Waals surface area contributed by atoms with E-state index in [1.807, 2.05) is 38.1 Å². The summed E-state index contributed by atoms with van der Waals surface area (Å²) in [4.78, 5) is 11.2. The van der Waals surface area contributed by atoms with Crippen LogP contribution in [0.1, 0.15) is 31.1 Å². The second kappa shape index (κ2) is 6.76. The van der Waals surface area contributed by atoms with Crippen LogP contribution in [-0.2, 0) is 11.4 Å². The molecule has 0 saturated carbocycles. The zero-order chi connectivity index (χ0) is 15.4. The molecule has 1 aromatic carbocycles. The number of carbonyl (C=O) groups is 1. The fourth-order valence-corrected chi connectivity index (χ4v) is 2.39. The number of rotatable bonds is 6. The van der Waals surface area contributed by atoms with Crippen LogP contribution in [0.5, 0.6) is 5.88 Å². The van der Waals surface area contributed by atoms with Crippen molar-refractivity contribution >= 4 is 21.9 Å². The largest absolute Gasteiger partial charge is 0.481 e. The van der Waals surface area contributed by atoms with E-state index in [-0.39, 0.29) is 11.8 Å². The summed E-state index contributed by atoms with van der Waals surface area (Å²) in [6.45, 7) is 3.97. The predicted molar refractivity (Wildman–Crippen MR) is 80.2 cm³/mol. The summed E-state index contributed by atoms with van der Waals surface area (Å²) in [5.41, 5.74) is 0.973. The SMILES string of the molecule is CC(C)C(C(=O)O)c1cc(OCc2ccccc2Br)no1. The number of carboxylic acid groups (broad SMARTS) is 1. The Balaban J connectivity index is 2.07. The Hall–Kier alpha value is -1.82. The van der Waals surface area contributed by atoms with Crippen molar-refractivity contribution < 1.29 is 19.2 Å². The molecule has 0 amide bonds. The summed E-state index contributed by atoms with van der Waals surface area (Å²) in [7, 11) is 0. The second-order valence-corrected chi connectivity index (χ2v) is 5.86. The Morgan fingerprint density at radius 3 is 2.76 bits per heavy atom. The molecule has 1 N–H and O–H groups in total. The number of hydrogen-bond acceptors (Lipinski definition) is 4. The fourth-order valence-electron chi connectivity index (χ4n) is 1.99. The Morgan fingerprint density at radius 1 is 1.43 bits per heavy atom. The molecule has 1 heterocycles. The number of benzene rings is 1. The highest BCUT2D eigenvalue weighted by Crippen LogP contribution is 2.28. The zero-order valence-electron chi connectivity index (χ0n) is 11.7. The van der Waals surface area contributed by atoms with Crippen molar-refractivity contribution in [3.63, 3.8) is 0 Å². The maximum atomic E-state index is 11.2. The van der Waals surface area contributed by atoms with Gasteiger partial charge in [-0.15, -0.1) is 0 Å². The van der Waals surface area contributed by atoms with Gasteiger partial charge in [0.15, 0.2) is 5.76 Å². The van der Waals surface area contributed by atoms with Crippen molar-refractivity contribution in [1.82, 2.24) is 5.16 Å². The zero-order valence-corrected chi connectivity index (χ0v) is 13.3. The lowest BCUT2D eigenvalue weighted by Crippen LogP contribution is -2.16. The van der Waals surface area contributed by atoms with Crippen LogP contribution in [0, 0.1) is 5.92 Å². The monoisotopic (exact) mass is 353 g/mol. The average Bonchev–Trinajstić information content (AvgIpc) is 2.85. The molecule has 2 aromatic rings. The van der Waals surface area contributed by atoms with Crippen LogP contribution in [0.4, 0.5) is 0 Å². The number of hydrogen-bond donors (Lipinski definition) is 1. The van der Waals surface area contributed by atoms with Crippen LogP contribution in [0.15, 0.2) is 39.3 Å².